The van der Waals surface area contributed by atoms with Crippen LogP contribution in [0, 0.1) is 11.6 Å². The summed E-state index contributed by atoms with van der Waals surface area (Å²) in [6.45, 7) is 4.79. The molecule has 1 fully saturated rings. The van der Waals surface area contributed by atoms with Gasteiger partial charge in [0.15, 0.2) is 5.82 Å². The Bertz CT molecular complexity index is 1030. The first kappa shape index (κ1) is 20.9. The minimum Gasteiger partial charge on any atom is -0.494 e. The zero-order valence-electron chi connectivity index (χ0n) is 17.0. The van der Waals surface area contributed by atoms with Crippen LogP contribution < -0.4 is 4.74 Å². The molecular formula is C21H22F2N6O2. The molecule has 3 aromatic rings. The average molecular weight is 428 g/mol. The van der Waals surface area contributed by atoms with Gasteiger partial charge in [0.25, 0.3) is 5.91 Å². The molecule has 1 aliphatic heterocycles. The van der Waals surface area contributed by atoms with Gasteiger partial charge in [-0.25, -0.2) is 8.78 Å². The van der Waals surface area contributed by atoms with E-state index in [0.29, 0.717) is 45.2 Å². The number of amides is 1. The zero-order chi connectivity index (χ0) is 21.8. The molecule has 1 amide bonds. The normalized spacial score (nSPS) is 14.6. The average Bonchev–Trinajstić information content (AvgIpc) is 3.23. The van der Waals surface area contributed by atoms with Crippen molar-refractivity contribution in [2.75, 3.05) is 32.8 Å². The summed E-state index contributed by atoms with van der Waals surface area (Å²) < 4.78 is 35.0. The number of carbonyl (C=O) groups excluding carboxylic acids is 1. The van der Waals surface area contributed by atoms with Gasteiger partial charge in [-0.3, -0.25) is 9.69 Å². The van der Waals surface area contributed by atoms with Gasteiger partial charge in [-0.15, -0.1) is 5.10 Å². The molecule has 2 heterocycles. The van der Waals surface area contributed by atoms with Gasteiger partial charge >= 0.3 is 0 Å². The van der Waals surface area contributed by atoms with Crippen LogP contribution in [0.1, 0.15) is 23.1 Å². The topological polar surface area (TPSA) is 76.4 Å². The minimum atomic E-state index is -0.845. The molecule has 8 nitrogen and oxygen atoms in total. The van der Waals surface area contributed by atoms with Gasteiger partial charge in [-0.2, -0.15) is 4.68 Å². The van der Waals surface area contributed by atoms with E-state index in [1.807, 2.05) is 31.2 Å². The van der Waals surface area contributed by atoms with Crippen LogP contribution in [0.3, 0.4) is 0 Å². The molecule has 31 heavy (non-hydrogen) atoms. The van der Waals surface area contributed by atoms with Crippen LogP contribution in [0.5, 0.6) is 5.75 Å². The van der Waals surface area contributed by atoms with Crippen molar-refractivity contribution >= 4 is 5.91 Å². The number of tetrazole rings is 1. The maximum atomic E-state index is 13.9. The third kappa shape index (κ3) is 4.53. The van der Waals surface area contributed by atoms with Crippen molar-refractivity contribution in [3.05, 3.63) is 65.5 Å². The Morgan fingerprint density at radius 1 is 1.03 bits per heavy atom. The van der Waals surface area contributed by atoms with Crippen molar-refractivity contribution in [3.63, 3.8) is 0 Å². The SMILES string of the molecule is CCOc1ccc(-n2nnnc2CN2CCN(C(=O)c3c(F)cccc3F)CC2)cc1. The lowest BCUT2D eigenvalue weighted by molar-refractivity contribution is 0.0615. The Kier molecular flexibility index (Phi) is 6.17. The maximum absolute atomic E-state index is 13.9. The molecule has 1 aromatic heterocycles. The van der Waals surface area contributed by atoms with Crippen molar-refractivity contribution < 1.29 is 18.3 Å². The van der Waals surface area contributed by atoms with Gasteiger partial charge in [-0.05, 0) is 53.7 Å². The van der Waals surface area contributed by atoms with Crippen molar-refractivity contribution in [1.82, 2.24) is 30.0 Å². The Morgan fingerprint density at radius 2 is 1.71 bits per heavy atom. The molecule has 0 atom stereocenters. The predicted molar refractivity (Wildman–Crippen MR) is 108 cm³/mol. The highest BCUT2D eigenvalue weighted by Crippen LogP contribution is 2.18. The van der Waals surface area contributed by atoms with Crippen LogP contribution in [0.15, 0.2) is 42.5 Å². The van der Waals surface area contributed by atoms with Gasteiger partial charge in [0.2, 0.25) is 0 Å². The number of aromatic nitrogens is 4. The fourth-order valence-corrected chi connectivity index (χ4v) is 3.52. The first-order chi connectivity index (χ1) is 15.1. The Labute approximate surface area is 178 Å². The molecule has 2 aromatic carbocycles. The van der Waals surface area contributed by atoms with Crippen LogP contribution >= 0.6 is 0 Å². The van der Waals surface area contributed by atoms with E-state index < -0.39 is 23.1 Å². The van der Waals surface area contributed by atoms with Crippen LogP contribution in [0.25, 0.3) is 5.69 Å². The fourth-order valence-electron chi connectivity index (χ4n) is 3.52. The lowest BCUT2D eigenvalue weighted by Crippen LogP contribution is -2.48. The highest BCUT2D eigenvalue weighted by molar-refractivity contribution is 5.94. The molecule has 4 rings (SSSR count). The summed E-state index contributed by atoms with van der Waals surface area (Å²) in [4.78, 5) is 16.1. The largest absolute Gasteiger partial charge is 0.494 e. The highest BCUT2D eigenvalue weighted by Gasteiger charge is 2.27. The van der Waals surface area contributed by atoms with Gasteiger partial charge < -0.3 is 9.64 Å². The lowest BCUT2D eigenvalue weighted by atomic mass is 10.1. The monoisotopic (exact) mass is 428 g/mol. The molecular weight excluding hydrogens is 406 g/mol. The molecule has 162 valence electrons. The van der Waals surface area contributed by atoms with E-state index in [2.05, 4.69) is 20.4 Å². The van der Waals surface area contributed by atoms with Crippen LogP contribution in [-0.4, -0.2) is 68.7 Å². The van der Waals surface area contributed by atoms with Crippen LogP contribution in [-0.2, 0) is 6.54 Å². The maximum Gasteiger partial charge on any atom is 0.259 e. The Balaban J connectivity index is 1.39. The van der Waals surface area contributed by atoms with Crippen molar-refractivity contribution in [2.24, 2.45) is 0 Å². The van der Waals surface area contributed by atoms with Crippen LogP contribution in [0.4, 0.5) is 8.78 Å². The second kappa shape index (κ2) is 9.17. The summed E-state index contributed by atoms with van der Waals surface area (Å²) in [6, 6.07) is 10.9. The minimum absolute atomic E-state index is 0.358. The predicted octanol–water partition coefficient (Wildman–Crippen LogP) is 2.30. The molecule has 10 heteroatoms. The summed E-state index contributed by atoms with van der Waals surface area (Å²) in [6.07, 6.45) is 0. The van der Waals surface area contributed by atoms with E-state index in [9.17, 15) is 13.6 Å². The Hall–Kier alpha value is -3.40. The number of carbonyl (C=O) groups is 1. The first-order valence-corrected chi connectivity index (χ1v) is 10.0. The van der Waals surface area contributed by atoms with Gasteiger partial charge in [0, 0.05) is 26.2 Å². The highest BCUT2D eigenvalue weighted by atomic mass is 19.1. The standard InChI is InChI=1S/C21H22F2N6O2/c1-2-31-16-8-6-15(7-9-16)29-19(24-25-26-29)14-27-10-12-28(13-11-27)21(30)20-17(22)4-3-5-18(20)23/h3-9H,2,10-14H2,1H3. The van der Waals surface area contributed by atoms with Gasteiger partial charge in [-0.1, -0.05) is 6.07 Å². The number of nitrogens with zero attached hydrogens (tertiary/aromatic N) is 6. The Morgan fingerprint density at radius 3 is 2.35 bits per heavy atom. The number of hydrogen-bond acceptors (Lipinski definition) is 6. The molecule has 1 saturated heterocycles. The van der Waals surface area contributed by atoms with E-state index in [4.69, 9.17) is 4.74 Å². The second-order valence-corrected chi connectivity index (χ2v) is 7.10. The summed E-state index contributed by atoms with van der Waals surface area (Å²) in [5, 5.41) is 12.0. The smallest absolute Gasteiger partial charge is 0.259 e. The summed E-state index contributed by atoms with van der Waals surface area (Å²) in [5.41, 5.74) is 0.308. The van der Waals surface area contributed by atoms with E-state index in [-0.39, 0.29) is 0 Å². The van der Waals surface area contributed by atoms with E-state index in [1.54, 1.807) is 4.68 Å². The quantitative estimate of drug-likeness (QED) is 0.600. The number of piperazine rings is 1. The van der Waals surface area contributed by atoms with Crippen molar-refractivity contribution in [2.45, 2.75) is 13.5 Å². The number of hydrogen-bond donors (Lipinski definition) is 0. The summed E-state index contributed by atoms with van der Waals surface area (Å²) in [7, 11) is 0. The van der Waals surface area contributed by atoms with Crippen LogP contribution in [0.2, 0.25) is 0 Å². The summed E-state index contributed by atoms with van der Waals surface area (Å²) in [5.74, 6) is -0.893. The molecule has 0 spiro atoms. The molecule has 0 unspecified atom stereocenters. The third-order valence-electron chi connectivity index (χ3n) is 5.13. The number of rotatable bonds is 6. The number of halogens is 2. The third-order valence-corrected chi connectivity index (χ3v) is 5.13. The molecule has 0 radical (unpaired) electrons. The molecule has 0 saturated carbocycles. The van der Waals surface area contributed by atoms with E-state index in [0.717, 1.165) is 23.6 Å². The van der Waals surface area contributed by atoms with E-state index >= 15 is 0 Å². The summed E-state index contributed by atoms with van der Waals surface area (Å²) >= 11 is 0. The van der Waals surface area contributed by atoms with E-state index in [1.165, 1.54) is 11.0 Å². The molecule has 1 aliphatic rings. The number of ether oxygens (including phenoxy) is 1. The molecule has 0 bridgehead atoms. The fraction of sp³-hybridized carbons (Fsp3) is 0.333. The first-order valence-electron chi connectivity index (χ1n) is 10.0. The van der Waals surface area contributed by atoms with Gasteiger partial charge in [0.05, 0.1) is 18.8 Å². The van der Waals surface area contributed by atoms with Crippen molar-refractivity contribution in [1.29, 1.82) is 0 Å². The second-order valence-electron chi connectivity index (χ2n) is 7.10. The van der Waals surface area contributed by atoms with Gasteiger partial charge in [0.1, 0.15) is 22.9 Å². The number of benzene rings is 2. The molecule has 0 aliphatic carbocycles. The lowest BCUT2D eigenvalue weighted by Gasteiger charge is -2.34. The zero-order valence-corrected chi connectivity index (χ0v) is 17.0. The molecule has 0 N–H and O–H groups in total. The van der Waals surface area contributed by atoms with Crippen molar-refractivity contribution in [3.8, 4) is 11.4 Å².